The Hall–Kier alpha value is -2.51. The minimum absolute atomic E-state index is 0.0151. The SMILES string of the molecule is CCOC(=O)CCC(=O)Cn1ccc(=O)c([N+](=O)[O-])c1. The molecular formula is C12H14N2O6. The lowest BCUT2D eigenvalue weighted by Crippen LogP contribution is -2.16. The number of aromatic nitrogens is 1. The van der Waals surface area contributed by atoms with Crippen LogP contribution in [0.3, 0.4) is 0 Å². The first-order valence-corrected chi connectivity index (χ1v) is 5.96. The molecule has 20 heavy (non-hydrogen) atoms. The van der Waals surface area contributed by atoms with Crippen LogP contribution in [0.25, 0.3) is 0 Å². The van der Waals surface area contributed by atoms with Crippen molar-refractivity contribution in [2.45, 2.75) is 26.3 Å². The zero-order chi connectivity index (χ0) is 15.1. The number of carbonyl (C=O) groups is 2. The number of nitrogens with zero attached hydrogens (tertiary/aromatic N) is 2. The molecule has 1 rings (SSSR count). The summed E-state index contributed by atoms with van der Waals surface area (Å²) in [5, 5.41) is 10.6. The Kier molecular flexibility index (Phi) is 5.57. The van der Waals surface area contributed by atoms with E-state index in [-0.39, 0.29) is 31.8 Å². The normalized spacial score (nSPS) is 10.1. The maximum absolute atomic E-state index is 11.6. The van der Waals surface area contributed by atoms with Gasteiger partial charge < -0.3 is 9.30 Å². The van der Waals surface area contributed by atoms with E-state index in [1.807, 2.05) is 0 Å². The molecule has 0 aliphatic rings. The Morgan fingerprint density at radius 3 is 2.70 bits per heavy atom. The van der Waals surface area contributed by atoms with Crippen molar-refractivity contribution in [3.8, 4) is 0 Å². The van der Waals surface area contributed by atoms with Crippen molar-refractivity contribution in [3.05, 3.63) is 38.8 Å². The molecule has 1 heterocycles. The largest absolute Gasteiger partial charge is 0.466 e. The fraction of sp³-hybridized carbons (Fsp3) is 0.417. The summed E-state index contributed by atoms with van der Waals surface area (Å²) in [6.07, 6.45) is 2.25. The van der Waals surface area contributed by atoms with Crippen LogP contribution < -0.4 is 5.43 Å². The fourth-order valence-electron chi connectivity index (χ4n) is 1.51. The molecule has 0 fully saturated rings. The average molecular weight is 282 g/mol. The summed E-state index contributed by atoms with van der Waals surface area (Å²) in [7, 11) is 0. The molecule has 0 radical (unpaired) electrons. The van der Waals surface area contributed by atoms with Gasteiger partial charge in [0, 0.05) is 18.7 Å². The third-order valence-electron chi connectivity index (χ3n) is 2.43. The van der Waals surface area contributed by atoms with Gasteiger partial charge in [0.15, 0.2) is 5.78 Å². The summed E-state index contributed by atoms with van der Waals surface area (Å²) in [5.74, 6) is -0.747. The van der Waals surface area contributed by atoms with Gasteiger partial charge >= 0.3 is 11.7 Å². The van der Waals surface area contributed by atoms with E-state index in [0.29, 0.717) is 0 Å². The summed E-state index contributed by atoms with van der Waals surface area (Å²) >= 11 is 0. The number of esters is 1. The number of ketones is 1. The minimum Gasteiger partial charge on any atom is -0.466 e. The molecule has 0 saturated heterocycles. The number of ether oxygens (including phenoxy) is 1. The summed E-state index contributed by atoms with van der Waals surface area (Å²) in [6, 6.07) is 1.02. The first kappa shape index (κ1) is 15.5. The third kappa shape index (κ3) is 4.63. The Bertz CT molecular complexity index is 578. The molecule has 8 nitrogen and oxygen atoms in total. The number of hydrogen-bond donors (Lipinski definition) is 0. The number of rotatable bonds is 7. The molecule has 0 aliphatic carbocycles. The van der Waals surface area contributed by atoms with Crippen LogP contribution >= 0.6 is 0 Å². The molecule has 0 bridgehead atoms. The number of nitro groups is 1. The molecule has 0 saturated carbocycles. The average Bonchev–Trinajstić information content (AvgIpc) is 2.39. The van der Waals surface area contributed by atoms with Gasteiger partial charge in [-0.3, -0.25) is 24.5 Å². The highest BCUT2D eigenvalue weighted by Crippen LogP contribution is 2.04. The zero-order valence-electron chi connectivity index (χ0n) is 10.9. The zero-order valence-corrected chi connectivity index (χ0v) is 10.9. The Balaban J connectivity index is 2.62. The summed E-state index contributed by atoms with van der Waals surface area (Å²) in [5.41, 5.74) is -1.31. The van der Waals surface area contributed by atoms with Crippen LogP contribution in [0, 0.1) is 10.1 Å². The van der Waals surface area contributed by atoms with Crippen molar-refractivity contribution >= 4 is 17.4 Å². The van der Waals surface area contributed by atoms with Crippen molar-refractivity contribution in [3.63, 3.8) is 0 Å². The molecule has 1 aromatic heterocycles. The monoisotopic (exact) mass is 282 g/mol. The highest BCUT2D eigenvalue weighted by atomic mass is 16.6. The quantitative estimate of drug-likeness (QED) is 0.413. The van der Waals surface area contributed by atoms with Crippen LogP contribution in [-0.4, -0.2) is 27.8 Å². The van der Waals surface area contributed by atoms with E-state index in [0.717, 1.165) is 12.3 Å². The molecule has 8 heteroatoms. The Morgan fingerprint density at radius 2 is 2.10 bits per heavy atom. The van der Waals surface area contributed by atoms with Crippen LogP contribution in [0.4, 0.5) is 5.69 Å². The van der Waals surface area contributed by atoms with Gasteiger partial charge in [-0.15, -0.1) is 0 Å². The van der Waals surface area contributed by atoms with E-state index in [9.17, 15) is 24.5 Å². The fourth-order valence-corrected chi connectivity index (χ4v) is 1.51. The lowest BCUT2D eigenvalue weighted by atomic mass is 10.2. The second-order valence-corrected chi connectivity index (χ2v) is 3.97. The van der Waals surface area contributed by atoms with Gasteiger partial charge in [0.05, 0.1) is 30.7 Å². The van der Waals surface area contributed by atoms with Crippen LogP contribution in [0.2, 0.25) is 0 Å². The molecule has 0 spiro atoms. The van der Waals surface area contributed by atoms with E-state index in [1.165, 1.54) is 10.8 Å². The van der Waals surface area contributed by atoms with Crippen molar-refractivity contribution in [1.82, 2.24) is 4.57 Å². The Morgan fingerprint density at radius 1 is 1.40 bits per heavy atom. The highest BCUT2D eigenvalue weighted by molar-refractivity contribution is 5.82. The second-order valence-electron chi connectivity index (χ2n) is 3.97. The molecule has 0 aliphatic heterocycles. The van der Waals surface area contributed by atoms with Gasteiger partial charge in [-0.1, -0.05) is 0 Å². The van der Waals surface area contributed by atoms with Crippen LogP contribution in [0.1, 0.15) is 19.8 Å². The predicted molar refractivity (Wildman–Crippen MR) is 68.2 cm³/mol. The lowest BCUT2D eigenvalue weighted by molar-refractivity contribution is -0.386. The molecule has 1 aromatic rings. The second kappa shape index (κ2) is 7.17. The number of pyridine rings is 1. The van der Waals surface area contributed by atoms with Crippen molar-refractivity contribution in [2.75, 3.05) is 6.61 Å². The molecule has 0 aromatic carbocycles. The van der Waals surface area contributed by atoms with Crippen LogP contribution in [0.5, 0.6) is 0 Å². The van der Waals surface area contributed by atoms with Crippen molar-refractivity contribution in [1.29, 1.82) is 0 Å². The van der Waals surface area contributed by atoms with E-state index in [1.54, 1.807) is 6.92 Å². The summed E-state index contributed by atoms with van der Waals surface area (Å²) < 4.78 is 5.92. The minimum atomic E-state index is -0.804. The molecule has 0 amide bonds. The van der Waals surface area contributed by atoms with Gasteiger partial charge in [-0.05, 0) is 6.92 Å². The predicted octanol–water partition coefficient (Wildman–Crippen LogP) is 0.669. The third-order valence-corrected chi connectivity index (χ3v) is 2.43. The van der Waals surface area contributed by atoms with Crippen LogP contribution in [-0.2, 0) is 20.9 Å². The standard InChI is InChI=1S/C12H14N2O6/c1-2-20-12(17)4-3-9(15)7-13-6-5-11(16)10(8-13)14(18)19/h5-6,8H,2-4,7H2,1H3. The van der Waals surface area contributed by atoms with Gasteiger partial charge in [0.25, 0.3) is 5.43 Å². The number of hydrogen-bond acceptors (Lipinski definition) is 6. The maximum Gasteiger partial charge on any atom is 0.332 e. The summed E-state index contributed by atoms with van der Waals surface area (Å²) in [4.78, 5) is 43.7. The highest BCUT2D eigenvalue weighted by Gasteiger charge is 2.13. The molecule has 0 unspecified atom stereocenters. The first-order chi connectivity index (χ1) is 9.43. The number of carbonyl (C=O) groups excluding carboxylic acids is 2. The first-order valence-electron chi connectivity index (χ1n) is 5.96. The van der Waals surface area contributed by atoms with E-state index < -0.39 is 22.0 Å². The summed E-state index contributed by atoms with van der Waals surface area (Å²) in [6.45, 7) is 1.78. The van der Waals surface area contributed by atoms with Gasteiger partial charge in [-0.25, -0.2) is 0 Å². The van der Waals surface area contributed by atoms with Crippen molar-refractivity contribution in [2.24, 2.45) is 0 Å². The molecule has 108 valence electrons. The topological polar surface area (TPSA) is 109 Å². The van der Waals surface area contributed by atoms with Crippen LogP contribution in [0.15, 0.2) is 23.3 Å². The van der Waals surface area contributed by atoms with E-state index in [2.05, 4.69) is 4.74 Å². The van der Waals surface area contributed by atoms with Gasteiger partial charge in [0.2, 0.25) is 0 Å². The van der Waals surface area contributed by atoms with Crippen molar-refractivity contribution < 1.29 is 19.2 Å². The lowest BCUT2D eigenvalue weighted by Gasteiger charge is -2.05. The molecule has 0 atom stereocenters. The molecule has 0 N–H and O–H groups in total. The Labute approximate surface area is 114 Å². The molecular weight excluding hydrogens is 268 g/mol. The van der Waals surface area contributed by atoms with Gasteiger partial charge in [-0.2, -0.15) is 0 Å². The van der Waals surface area contributed by atoms with Gasteiger partial charge in [0.1, 0.15) is 0 Å². The number of Topliss-reactive ketones (excluding diaryl/α,β-unsaturated/α-hetero) is 1. The smallest absolute Gasteiger partial charge is 0.332 e. The maximum atomic E-state index is 11.6. The van der Waals surface area contributed by atoms with E-state index >= 15 is 0 Å². The van der Waals surface area contributed by atoms with E-state index in [4.69, 9.17) is 0 Å².